The van der Waals surface area contributed by atoms with Crippen LogP contribution in [0, 0.1) is 17.6 Å². The van der Waals surface area contributed by atoms with Crippen LogP contribution in [-0.2, 0) is 0 Å². The second-order valence-electron chi connectivity index (χ2n) is 6.76. The van der Waals surface area contributed by atoms with E-state index < -0.39 is 17.8 Å². The Kier molecular flexibility index (Phi) is 4.24. The fourth-order valence-corrected chi connectivity index (χ4v) is 3.52. The van der Waals surface area contributed by atoms with Gasteiger partial charge in [0, 0.05) is 18.7 Å². The zero-order valence-corrected chi connectivity index (χ0v) is 14.3. The van der Waals surface area contributed by atoms with Crippen molar-refractivity contribution in [2.24, 2.45) is 5.92 Å². The second kappa shape index (κ2) is 6.57. The Bertz CT molecular complexity index is 838. The summed E-state index contributed by atoms with van der Waals surface area (Å²) in [5.41, 5.74) is 3.46. The van der Waals surface area contributed by atoms with Crippen LogP contribution in [0.15, 0.2) is 36.4 Å². The SMILES string of the molecule is C[C@H]1CCN(C(=O)NC2NOc3cccc(-c4c(F)cccc4F)c32)C1. The molecule has 2 aromatic carbocycles. The molecular formula is C19H19F2N3O2. The van der Waals surface area contributed by atoms with E-state index in [0.717, 1.165) is 6.42 Å². The highest BCUT2D eigenvalue weighted by Gasteiger charge is 2.32. The van der Waals surface area contributed by atoms with Crippen molar-refractivity contribution >= 4 is 6.03 Å². The molecule has 2 aliphatic heterocycles. The molecule has 4 rings (SSSR count). The van der Waals surface area contributed by atoms with Gasteiger partial charge in [0.2, 0.25) is 0 Å². The van der Waals surface area contributed by atoms with Crippen LogP contribution in [-0.4, -0.2) is 24.0 Å². The van der Waals surface area contributed by atoms with E-state index in [-0.39, 0.29) is 11.6 Å². The Morgan fingerprint density at radius 2 is 1.96 bits per heavy atom. The lowest BCUT2D eigenvalue weighted by Gasteiger charge is -2.21. The highest BCUT2D eigenvalue weighted by Crippen LogP contribution is 2.39. The summed E-state index contributed by atoms with van der Waals surface area (Å²) in [6.45, 7) is 3.48. The zero-order valence-electron chi connectivity index (χ0n) is 14.3. The number of amides is 2. The number of hydrogen-bond donors (Lipinski definition) is 2. The minimum Gasteiger partial charge on any atom is -0.406 e. The Labute approximate surface area is 149 Å². The Balaban J connectivity index is 1.67. The minimum absolute atomic E-state index is 0.134. The summed E-state index contributed by atoms with van der Waals surface area (Å²) < 4.78 is 28.6. The molecule has 0 spiro atoms. The summed E-state index contributed by atoms with van der Waals surface area (Å²) in [6, 6.07) is 8.48. The van der Waals surface area contributed by atoms with Gasteiger partial charge in [-0.25, -0.2) is 13.6 Å². The van der Waals surface area contributed by atoms with Crippen molar-refractivity contribution in [1.82, 2.24) is 15.7 Å². The standard InChI is InChI=1S/C19H19F2N3O2/c1-11-8-9-24(10-11)19(25)22-18-17-12(4-2-7-15(17)26-23-18)16-13(20)5-3-6-14(16)21/h2-7,11,18,23H,8-10H2,1H3,(H,22,25)/t11-,18?/m0/s1. The van der Waals surface area contributed by atoms with E-state index in [0.29, 0.717) is 35.9 Å². The van der Waals surface area contributed by atoms with Gasteiger partial charge in [0.15, 0.2) is 5.75 Å². The lowest BCUT2D eigenvalue weighted by atomic mass is 9.96. The van der Waals surface area contributed by atoms with E-state index in [9.17, 15) is 13.6 Å². The predicted octanol–water partition coefficient (Wildman–Crippen LogP) is 3.58. The third-order valence-electron chi connectivity index (χ3n) is 4.85. The van der Waals surface area contributed by atoms with E-state index in [4.69, 9.17) is 4.84 Å². The highest BCUT2D eigenvalue weighted by molar-refractivity contribution is 5.77. The minimum atomic E-state index is -0.691. The molecule has 26 heavy (non-hydrogen) atoms. The smallest absolute Gasteiger partial charge is 0.318 e. The second-order valence-corrected chi connectivity index (χ2v) is 6.76. The molecule has 0 saturated carbocycles. The molecular weight excluding hydrogens is 340 g/mol. The highest BCUT2D eigenvalue weighted by atomic mass is 19.1. The lowest BCUT2D eigenvalue weighted by molar-refractivity contribution is 0.162. The average Bonchev–Trinajstić information content (AvgIpc) is 3.22. The van der Waals surface area contributed by atoms with Gasteiger partial charge in [-0.1, -0.05) is 25.1 Å². The molecule has 1 saturated heterocycles. The first-order valence-corrected chi connectivity index (χ1v) is 8.59. The molecule has 2 aliphatic rings. The third kappa shape index (κ3) is 2.88. The van der Waals surface area contributed by atoms with Crippen LogP contribution in [0.1, 0.15) is 25.1 Å². The molecule has 136 valence electrons. The number of likely N-dealkylation sites (tertiary alicyclic amines) is 1. The number of rotatable bonds is 2. The Hall–Kier alpha value is -2.67. The van der Waals surface area contributed by atoms with Crippen LogP contribution >= 0.6 is 0 Å². The molecule has 2 aromatic rings. The molecule has 1 fully saturated rings. The summed E-state index contributed by atoms with van der Waals surface area (Å²) in [7, 11) is 0. The maximum Gasteiger partial charge on any atom is 0.318 e. The molecule has 2 heterocycles. The van der Waals surface area contributed by atoms with E-state index in [1.807, 2.05) is 0 Å². The fraction of sp³-hybridized carbons (Fsp3) is 0.316. The first-order chi connectivity index (χ1) is 12.5. The third-order valence-corrected chi connectivity index (χ3v) is 4.85. The number of hydroxylamine groups is 1. The van der Waals surface area contributed by atoms with Gasteiger partial charge in [-0.05, 0) is 36.1 Å². The van der Waals surface area contributed by atoms with Crippen LogP contribution in [0.2, 0.25) is 0 Å². The van der Waals surface area contributed by atoms with E-state index in [1.165, 1.54) is 18.2 Å². The zero-order chi connectivity index (χ0) is 18.3. The summed E-state index contributed by atoms with van der Waals surface area (Å²) in [5.74, 6) is -0.429. The van der Waals surface area contributed by atoms with Crippen LogP contribution in [0.25, 0.3) is 11.1 Å². The van der Waals surface area contributed by atoms with Gasteiger partial charge in [0.25, 0.3) is 0 Å². The number of carbonyl (C=O) groups is 1. The van der Waals surface area contributed by atoms with Gasteiger partial charge in [-0.2, -0.15) is 0 Å². The first-order valence-electron chi connectivity index (χ1n) is 8.59. The number of hydrogen-bond acceptors (Lipinski definition) is 3. The maximum atomic E-state index is 14.3. The lowest BCUT2D eigenvalue weighted by Crippen LogP contribution is -2.43. The van der Waals surface area contributed by atoms with E-state index >= 15 is 0 Å². The van der Waals surface area contributed by atoms with Crippen molar-refractivity contribution in [3.63, 3.8) is 0 Å². The monoisotopic (exact) mass is 359 g/mol. The van der Waals surface area contributed by atoms with Gasteiger partial charge in [-0.3, -0.25) is 0 Å². The summed E-state index contributed by atoms with van der Waals surface area (Å²) >= 11 is 0. The van der Waals surface area contributed by atoms with Crippen molar-refractivity contribution < 1.29 is 18.4 Å². The van der Waals surface area contributed by atoms with Crippen molar-refractivity contribution in [2.45, 2.75) is 19.5 Å². The van der Waals surface area contributed by atoms with Crippen LogP contribution in [0.5, 0.6) is 5.75 Å². The molecule has 2 N–H and O–H groups in total. The Morgan fingerprint density at radius 3 is 2.65 bits per heavy atom. The van der Waals surface area contributed by atoms with Gasteiger partial charge >= 0.3 is 6.03 Å². The van der Waals surface area contributed by atoms with Crippen LogP contribution in [0.4, 0.5) is 13.6 Å². The first kappa shape index (κ1) is 16.8. The molecule has 0 aliphatic carbocycles. The number of carbonyl (C=O) groups excluding carboxylic acids is 1. The van der Waals surface area contributed by atoms with Crippen LogP contribution in [0.3, 0.4) is 0 Å². The molecule has 7 heteroatoms. The summed E-state index contributed by atoms with van der Waals surface area (Å²) in [5, 5.41) is 2.85. The number of nitrogens with zero attached hydrogens (tertiary/aromatic N) is 1. The van der Waals surface area contributed by atoms with Gasteiger partial charge in [0.1, 0.15) is 17.8 Å². The number of urea groups is 1. The van der Waals surface area contributed by atoms with E-state index in [1.54, 1.807) is 23.1 Å². The molecule has 1 unspecified atom stereocenters. The molecule has 5 nitrogen and oxygen atoms in total. The van der Waals surface area contributed by atoms with Crippen LogP contribution < -0.4 is 15.6 Å². The molecule has 2 atom stereocenters. The maximum absolute atomic E-state index is 14.3. The van der Waals surface area contributed by atoms with Crippen molar-refractivity contribution in [1.29, 1.82) is 0 Å². The van der Waals surface area contributed by atoms with Gasteiger partial charge < -0.3 is 15.1 Å². The number of benzene rings is 2. The molecule has 0 bridgehead atoms. The number of halogens is 2. The van der Waals surface area contributed by atoms with Gasteiger partial charge in [-0.15, -0.1) is 5.48 Å². The topological polar surface area (TPSA) is 53.6 Å². The average molecular weight is 359 g/mol. The van der Waals surface area contributed by atoms with Crippen molar-refractivity contribution in [3.8, 4) is 16.9 Å². The molecule has 0 radical (unpaired) electrons. The quantitative estimate of drug-likeness (QED) is 0.862. The number of fused-ring (bicyclic) bond motifs is 1. The number of nitrogens with one attached hydrogen (secondary N) is 2. The predicted molar refractivity (Wildman–Crippen MR) is 92.2 cm³/mol. The van der Waals surface area contributed by atoms with Crippen molar-refractivity contribution in [3.05, 3.63) is 53.6 Å². The largest absolute Gasteiger partial charge is 0.406 e. The normalized spacial score (nSPS) is 21.4. The summed E-state index contributed by atoms with van der Waals surface area (Å²) in [4.78, 5) is 19.7. The van der Waals surface area contributed by atoms with Gasteiger partial charge in [0.05, 0.1) is 5.56 Å². The fourth-order valence-electron chi connectivity index (χ4n) is 3.52. The van der Waals surface area contributed by atoms with Crippen molar-refractivity contribution in [2.75, 3.05) is 13.1 Å². The Morgan fingerprint density at radius 1 is 1.23 bits per heavy atom. The molecule has 2 amide bonds. The summed E-state index contributed by atoms with van der Waals surface area (Å²) in [6.07, 6.45) is 0.271. The molecule has 0 aromatic heterocycles. The van der Waals surface area contributed by atoms with E-state index in [2.05, 4.69) is 17.7 Å².